The van der Waals surface area contributed by atoms with Crippen LogP contribution in [0.3, 0.4) is 0 Å². The molecule has 0 radical (unpaired) electrons. The highest BCUT2D eigenvalue weighted by molar-refractivity contribution is 5.61. The molecular weight excluding hydrogens is 424 g/mol. The quantitative estimate of drug-likeness (QED) is 0.387. The van der Waals surface area contributed by atoms with E-state index in [0.29, 0.717) is 0 Å². The second-order valence-electron chi connectivity index (χ2n) is 7.49. The highest BCUT2D eigenvalue weighted by Gasteiger charge is 2.13. The van der Waals surface area contributed by atoms with E-state index in [0.717, 1.165) is 45.8 Å². The molecule has 6 heterocycles. The average molecular weight is 442 g/mol. The molecule has 0 spiro atoms. The summed E-state index contributed by atoms with van der Waals surface area (Å²) in [6.45, 7) is 0. The van der Waals surface area contributed by atoms with E-state index in [-0.39, 0.29) is 0 Å². The van der Waals surface area contributed by atoms with Gasteiger partial charge in [-0.1, -0.05) is 12.1 Å². The fourth-order valence-corrected chi connectivity index (χ4v) is 3.79. The maximum atomic E-state index is 4.88. The van der Waals surface area contributed by atoms with E-state index in [1.54, 1.807) is 37.2 Å². The maximum absolute atomic E-state index is 4.88. The van der Waals surface area contributed by atoms with Crippen molar-refractivity contribution in [1.29, 1.82) is 0 Å². The molecule has 0 atom stereocenters. The van der Waals surface area contributed by atoms with Crippen LogP contribution in [0.2, 0.25) is 0 Å². The molecule has 0 amide bonds. The number of imidazole rings is 2. The molecule has 6 aromatic rings. The molecule has 162 valence electrons. The summed E-state index contributed by atoms with van der Waals surface area (Å²) in [7, 11) is 0. The van der Waals surface area contributed by atoms with Gasteiger partial charge in [0, 0.05) is 60.7 Å². The molecular formula is C26H18N8. The third-order valence-electron chi connectivity index (χ3n) is 5.35. The van der Waals surface area contributed by atoms with Gasteiger partial charge in [-0.25, -0.2) is 19.9 Å². The van der Waals surface area contributed by atoms with Gasteiger partial charge < -0.3 is 0 Å². The standard InChI is InChI=1S/C26H18N8/c1-7-21(31-23(9-1)33-15-13-29-25(33)19-5-3-11-27-17-19)22-8-2-10-24(32-22)34-16-14-30-26(34)20-6-4-12-28-18-20/h1-18H. The van der Waals surface area contributed by atoms with Gasteiger partial charge >= 0.3 is 0 Å². The minimum atomic E-state index is 0.750. The summed E-state index contributed by atoms with van der Waals surface area (Å²) in [5.41, 5.74) is 3.35. The van der Waals surface area contributed by atoms with Crippen molar-refractivity contribution in [2.75, 3.05) is 0 Å². The molecule has 0 unspecified atom stereocenters. The van der Waals surface area contributed by atoms with Gasteiger partial charge in [0.25, 0.3) is 0 Å². The largest absolute Gasteiger partial charge is 0.284 e. The second-order valence-corrected chi connectivity index (χ2v) is 7.49. The molecule has 8 nitrogen and oxygen atoms in total. The first-order chi connectivity index (χ1) is 16.9. The Morgan fingerprint density at radius 2 is 1.00 bits per heavy atom. The van der Waals surface area contributed by atoms with Crippen LogP contribution >= 0.6 is 0 Å². The number of rotatable bonds is 5. The SMILES string of the molecule is c1cncc(-c2nccn2-c2cccc(-c3cccc(-n4ccnc4-c4cccnc4)n3)n2)c1. The Balaban J connectivity index is 1.39. The van der Waals surface area contributed by atoms with Gasteiger partial charge in [0.05, 0.1) is 11.4 Å². The maximum Gasteiger partial charge on any atom is 0.147 e. The Bertz CT molecular complexity index is 1440. The molecule has 0 fully saturated rings. The minimum absolute atomic E-state index is 0.750. The molecule has 34 heavy (non-hydrogen) atoms. The van der Waals surface area contributed by atoms with E-state index in [1.165, 1.54) is 0 Å². The lowest BCUT2D eigenvalue weighted by molar-refractivity contribution is 0.985. The number of aromatic nitrogens is 8. The van der Waals surface area contributed by atoms with Crippen LogP contribution in [-0.4, -0.2) is 39.0 Å². The van der Waals surface area contributed by atoms with Crippen molar-refractivity contribution in [2.24, 2.45) is 0 Å². The third kappa shape index (κ3) is 3.63. The van der Waals surface area contributed by atoms with Crippen molar-refractivity contribution in [1.82, 2.24) is 39.0 Å². The molecule has 0 bridgehead atoms. The minimum Gasteiger partial charge on any atom is -0.284 e. The summed E-state index contributed by atoms with van der Waals surface area (Å²) in [5, 5.41) is 0. The van der Waals surface area contributed by atoms with Crippen molar-refractivity contribution < 1.29 is 0 Å². The highest BCUT2D eigenvalue weighted by Crippen LogP contribution is 2.24. The van der Waals surface area contributed by atoms with Crippen molar-refractivity contribution in [3.63, 3.8) is 0 Å². The van der Waals surface area contributed by atoms with Gasteiger partial charge in [-0.3, -0.25) is 19.1 Å². The zero-order valence-corrected chi connectivity index (χ0v) is 18.0. The molecule has 0 N–H and O–H groups in total. The lowest BCUT2D eigenvalue weighted by Gasteiger charge is -2.10. The van der Waals surface area contributed by atoms with E-state index in [4.69, 9.17) is 9.97 Å². The van der Waals surface area contributed by atoms with E-state index < -0.39 is 0 Å². The summed E-state index contributed by atoms with van der Waals surface area (Å²) in [4.78, 5) is 27.2. The van der Waals surface area contributed by atoms with Crippen molar-refractivity contribution in [2.45, 2.75) is 0 Å². The first-order valence-electron chi connectivity index (χ1n) is 10.7. The van der Waals surface area contributed by atoms with Gasteiger partial charge in [0.1, 0.15) is 23.3 Å². The van der Waals surface area contributed by atoms with Crippen molar-refractivity contribution in [3.05, 3.63) is 110 Å². The topological polar surface area (TPSA) is 87.2 Å². The van der Waals surface area contributed by atoms with Crippen LogP contribution in [0.5, 0.6) is 0 Å². The van der Waals surface area contributed by atoms with E-state index in [1.807, 2.05) is 82.2 Å². The Morgan fingerprint density at radius 3 is 1.44 bits per heavy atom. The van der Waals surface area contributed by atoms with E-state index in [9.17, 15) is 0 Å². The van der Waals surface area contributed by atoms with E-state index >= 15 is 0 Å². The Hall–Kier alpha value is -4.98. The van der Waals surface area contributed by atoms with Crippen LogP contribution in [-0.2, 0) is 0 Å². The first kappa shape index (κ1) is 19.7. The van der Waals surface area contributed by atoms with Gasteiger partial charge in [-0.15, -0.1) is 0 Å². The lowest BCUT2D eigenvalue weighted by Crippen LogP contribution is -2.02. The van der Waals surface area contributed by atoms with E-state index in [2.05, 4.69) is 19.9 Å². The second kappa shape index (κ2) is 8.51. The molecule has 0 aliphatic carbocycles. The van der Waals surface area contributed by atoms with Gasteiger partial charge in [-0.05, 0) is 48.5 Å². The van der Waals surface area contributed by atoms with Crippen molar-refractivity contribution in [3.8, 4) is 45.8 Å². The summed E-state index contributed by atoms with van der Waals surface area (Å²) < 4.78 is 3.89. The molecule has 6 rings (SSSR count). The van der Waals surface area contributed by atoms with Gasteiger partial charge in [0.2, 0.25) is 0 Å². The summed E-state index contributed by atoms with van der Waals surface area (Å²) in [5.74, 6) is 3.05. The normalized spacial score (nSPS) is 10.9. The van der Waals surface area contributed by atoms with Crippen LogP contribution < -0.4 is 0 Å². The molecule has 0 saturated carbocycles. The smallest absolute Gasteiger partial charge is 0.147 e. The lowest BCUT2D eigenvalue weighted by atomic mass is 10.2. The molecule has 8 heteroatoms. The predicted molar refractivity (Wildman–Crippen MR) is 128 cm³/mol. The monoisotopic (exact) mass is 442 g/mol. The number of nitrogens with zero attached hydrogens (tertiary/aromatic N) is 8. The third-order valence-corrected chi connectivity index (χ3v) is 5.35. The number of pyridine rings is 4. The predicted octanol–water partition coefficient (Wildman–Crippen LogP) is 4.64. The zero-order chi connectivity index (χ0) is 22.7. The van der Waals surface area contributed by atoms with Crippen LogP contribution in [0, 0.1) is 0 Å². The Labute approximate surface area is 195 Å². The van der Waals surface area contributed by atoms with Crippen molar-refractivity contribution >= 4 is 0 Å². The molecule has 6 aromatic heterocycles. The molecule has 0 saturated heterocycles. The zero-order valence-electron chi connectivity index (χ0n) is 18.0. The molecule has 0 aliphatic rings. The molecule has 0 aliphatic heterocycles. The fraction of sp³-hybridized carbons (Fsp3) is 0. The number of hydrogen-bond acceptors (Lipinski definition) is 6. The average Bonchev–Trinajstić information content (AvgIpc) is 3.60. The van der Waals surface area contributed by atoms with Crippen LogP contribution in [0.15, 0.2) is 110 Å². The summed E-state index contributed by atoms with van der Waals surface area (Å²) in [6, 6.07) is 19.5. The van der Waals surface area contributed by atoms with Gasteiger partial charge in [0.15, 0.2) is 0 Å². The van der Waals surface area contributed by atoms with Crippen LogP contribution in [0.1, 0.15) is 0 Å². The summed E-state index contributed by atoms with van der Waals surface area (Å²) >= 11 is 0. The number of hydrogen-bond donors (Lipinski definition) is 0. The Kier molecular flexibility index (Phi) is 4.93. The Morgan fingerprint density at radius 1 is 0.500 bits per heavy atom. The fourth-order valence-electron chi connectivity index (χ4n) is 3.79. The summed E-state index contributed by atoms with van der Waals surface area (Å²) in [6.07, 6.45) is 14.4. The van der Waals surface area contributed by atoms with Gasteiger partial charge in [-0.2, -0.15) is 0 Å². The first-order valence-corrected chi connectivity index (χ1v) is 10.7. The molecule has 0 aromatic carbocycles. The highest BCUT2D eigenvalue weighted by atomic mass is 15.1. The van der Waals surface area contributed by atoms with Crippen LogP contribution in [0.25, 0.3) is 45.8 Å². The van der Waals surface area contributed by atoms with Crippen LogP contribution in [0.4, 0.5) is 0 Å².